The molecule has 3 heteroatoms. The molecule has 0 spiro atoms. The van der Waals surface area contributed by atoms with Crippen LogP contribution in [0.15, 0.2) is 0 Å². The lowest BCUT2D eigenvalue weighted by Crippen LogP contribution is -2.39. The molecule has 1 aliphatic carbocycles. The highest BCUT2D eigenvalue weighted by Gasteiger charge is 2.39. The fraction of sp³-hybridized carbons (Fsp3) is 1.00. The van der Waals surface area contributed by atoms with Crippen LogP contribution in [0.1, 0.15) is 40.5 Å². The van der Waals surface area contributed by atoms with Crippen LogP contribution in [0.3, 0.4) is 0 Å². The van der Waals surface area contributed by atoms with E-state index < -0.39 is 0 Å². The third kappa shape index (κ3) is 2.76. The zero-order valence-corrected chi connectivity index (χ0v) is 11.0. The summed E-state index contributed by atoms with van der Waals surface area (Å²) in [6, 6.07) is 0.205. The first kappa shape index (κ1) is 12.3. The van der Waals surface area contributed by atoms with E-state index in [9.17, 15) is 0 Å². The van der Waals surface area contributed by atoms with E-state index in [1.54, 1.807) is 0 Å². The zero-order chi connectivity index (χ0) is 11.9. The number of fused-ring (bicyclic) bond motifs is 1. The average Bonchev–Trinajstić information content (AvgIpc) is 2.56. The van der Waals surface area contributed by atoms with Gasteiger partial charge < -0.3 is 10.5 Å². The van der Waals surface area contributed by atoms with Gasteiger partial charge in [0.25, 0.3) is 0 Å². The molecule has 0 amide bonds. The van der Waals surface area contributed by atoms with Gasteiger partial charge in [-0.1, -0.05) is 12.8 Å². The van der Waals surface area contributed by atoms with Gasteiger partial charge >= 0.3 is 0 Å². The standard InChI is InChI=1S/C13H25N2O/c1-9(16-13(2,3)4)15-7-10-5-12(14)6-11(10)8-15/h9-12,14H,5-8H2,1-4H3/q-1/t9?,10-,11+,12?. The van der Waals surface area contributed by atoms with E-state index in [0.29, 0.717) is 0 Å². The lowest BCUT2D eigenvalue weighted by molar-refractivity contribution is -0.118. The molecule has 2 aliphatic rings. The van der Waals surface area contributed by atoms with E-state index >= 15 is 0 Å². The summed E-state index contributed by atoms with van der Waals surface area (Å²) in [5.41, 5.74) is 7.74. The first-order chi connectivity index (χ1) is 7.35. The maximum absolute atomic E-state index is 7.80. The Kier molecular flexibility index (Phi) is 3.30. The largest absolute Gasteiger partial charge is 0.675 e. The second-order valence-electron chi connectivity index (χ2n) is 6.47. The summed E-state index contributed by atoms with van der Waals surface area (Å²) in [6.07, 6.45) is 2.42. The Hall–Kier alpha value is -0.120. The van der Waals surface area contributed by atoms with E-state index in [2.05, 4.69) is 32.6 Å². The first-order valence-corrected chi connectivity index (χ1v) is 6.48. The summed E-state index contributed by atoms with van der Waals surface area (Å²) in [5, 5.41) is 0. The fourth-order valence-corrected chi connectivity index (χ4v) is 3.22. The van der Waals surface area contributed by atoms with Crippen LogP contribution in [0.25, 0.3) is 5.73 Å². The van der Waals surface area contributed by atoms with Crippen LogP contribution in [0.2, 0.25) is 0 Å². The summed E-state index contributed by atoms with van der Waals surface area (Å²) < 4.78 is 5.99. The van der Waals surface area contributed by atoms with E-state index in [-0.39, 0.29) is 17.9 Å². The Labute approximate surface area is 99.3 Å². The predicted octanol–water partition coefficient (Wildman–Crippen LogP) is 2.91. The molecule has 2 rings (SSSR count). The molecule has 1 saturated heterocycles. The molecule has 1 saturated carbocycles. The predicted molar refractivity (Wildman–Crippen MR) is 66.2 cm³/mol. The van der Waals surface area contributed by atoms with Crippen LogP contribution in [-0.2, 0) is 4.74 Å². The van der Waals surface area contributed by atoms with Gasteiger partial charge in [-0.15, -0.1) is 6.04 Å². The molecule has 1 aliphatic heterocycles. The lowest BCUT2D eigenvalue weighted by atomic mass is 10.0. The smallest absolute Gasteiger partial charge is 0.108 e. The van der Waals surface area contributed by atoms with E-state index in [1.807, 2.05) is 0 Å². The fourth-order valence-electron chi connectivity index (χ4n) is 3.22. The average molecular weight is 225 g/mol. The Balaban J connectivity index is 1.86. The molecule has 0 aromatic heterocycles. The highest BCUT2D eigenvalue weighted by Crippen LogP contribution is 2.40. The number of hydrogen-bond acceptors (Lipinski definition) is 2. The normalized spacial score (nSPS) is 37.7. The molecular formula is C13H25N2O-. The van der Waals surface area contributed by atoms with Gasteiger partial charge in [-0.2, -0.15) is 0 Å². The molecule has 0 bridgehead atoms. The molecule has 1 N–H and O–H groups in total. The number of hydrogen-bond donors (Lipinski definition) is 0. The number of nitrogens with zero attached hydrogens (tertiary/aromatic N) is 1. The minimum absolute atomic E-state index is 0.0604. The van der Waals surface area contributed by atoms with Crippen molar-refractivity contribution in [2.45, 2.75) is 58.4 Å². The molecule has 0 aromatic rings. The van der Waals surface area contributed by atoms with Crippen molar-refractivity contribution in [3.63, 3.8) is 0 Å². The van der Waals surface area contributed by atoms with Gasteiger partial charge in [0.1, 0.15) is 6.23 Å². The molecule has 3 nitrogen and oxygen atoms in total. The summed E-state index contributed by atoms with van der Waals surface area (Å²) in [6.45, 7) is 10.8. The first-order valence-electron chi connectivity index (χ1n) is 6.48. The summed E-state index contributed by atoms with van der Waals surface area (Å²) >= 11 is 0. The van der Waals surface area contributed by atoms with Gasteiger partial charge in [0, 0.05) is 13.1 Å². The van der Waals surface area contributed by atoms with Crippen molar-refractivity contribution in [3.05, 3.63) is 5.73 Å². The highest BCUT2D eigenvalue weighted by molar-refractivity contribution is 4.97. The molecule has 2 unspecified atom stereocenters. The van der Waals surface area contributed by atoms with Crippen molar-refractivity contribution in [2.75, 3.05) is 13.1 Å². The third-order valence-corrected chi connectivity index (χ3v) is 3.82. The molecule has 94 valence electrons. The maximum Gasteiger partial charge on any atom is 0.108 e. The number of ether oxygens (including phenoxy) is 1. The van der Waals surface area contributed by atoms with Gasteiger partial charge in [-0.3, -0.25) is 4.90 Å². The number of rotatable bonds is 2. The number of nitrogens with one attached hydrogen (secondary N) is 1. The van der Waals surface area contributed by atoms with E-state index in [4.69, 9.17) is 10.5 Å². The minimum atomic E-state index is -0.0604. The van der Waals surface area contributed by atoms with Crippen molar-refractivity contribution in [1.82, 2.24) is 4.90 Å². The molecule has 4 atom stereocenters. The van der Waals surface area contributed by atoms with Crippen LogP contribution < -0.4 is 0 Å². The van der Waals surface area contributed by atoms with Crippen molar-refractivity contribution in [3.8, 4) is 0 Å². The zero-order valence-electron chi connectivity index (χ0n) is 11.0. The van der Waals surface area contributed by atoms with E-state index in [0.717, 1.165) is 37.8 Å². The summed E-state index contributed by atoms with van der Waals surface area (Å²) in [7, 11) is 0. The topological polar surface area (TPSA) is 36.3 Å². The van der Waals surface area contributed by atoms with Crippen molar-refractivity contribution >= 4 is 0 Å². The third-order valence-electron chi connectivity index (χ3n) is 3.82. The minimum Gasteiger partial charge on any atom is -0.675 e. The molecular weight excluding hydrogens is 200 g/mol. The van der Waals surface area contributed by atoms with Gasteiger partial charge in [-0.05, 0) is 39.5 Å². The quantitative estimate of drug-likeness (QED) is 0.724. The molecule has 16 heavy (non-hydrogen) atoms. The second kappa shape index (κ2) is 4.28. The Bertz CT molecular complexity index is 235. The maximum atomic E-state index is 7.80. The Morgan fingerprint density at radius 3 is 2.12 bits per heavy atom. The van der Waals surface area contributed by atoms with Crippen LogP contribution in [0.4, 0.5) is 0 Å². The summed E-state index contributed by atoms with van der Waals surface area (Å²) in [5.74, 6) is 1.52. The molecule has 0 radical (unpaired) electrons. The monoisotopic (exact) mass is 225 g/mol. The van der Waals surface area contributed by atoms with E-state index in [1.165, 1.54) is 0 Å². The van der Waals surface area contributed by atoms with Gasteiger partial charge in [0.15, 0.2) is 0 Å². The Morgan fingerprint density at radius 2 is 1.69 bits per heavy atom. The van der Waals surface area contributed by atoms with Gasteiger partial charge in [0.2, 0.25) is 0 Å². The molecule has 0 aromatic carbocycles. The molecule has 1 heterocycles. The summed E-state index contributed by atoms with van der Waals surface area (Å²) in [4.78, 5) is 2.45. The van der Waals surface area contributed by atoms with Crippen LogP contribution >= 0.6 is 0 Å². The van der Waals surface area contributed by atoms with Crippen LogP contribution in [0, 0.1) is 11.8 Å². The van der Waals surface area contributed by atoms with Gasteiger partial charge in [0.05, 0.1) is 5.60 Å². The lowest BCUT2D eigenvalue weighted by Gasteiger charge is -2.32. The van der Waals surface area contributed by atoms with Crippen molar-refractivity contribution in [2.24, 2.45) is 11.8 Å². The van der Waals surface area contributed by atoms with Crippen LogP contribution in [0.5, 0.6) is 0 Å². The molecule has 2 fully saturated rings. The Morgan fingerprint density at radius 1 is 1.19 bits per heavy atom. The second-order valence-corrected chi connectivity index (χ2v) is 6.47. The number of likely N-dealkylation sites (tertiary alicyclic amines) is 1. The van der Waals surface area contributed by atoms with Crippen molar-refractivity contribution in [1.29, 1.82) is 0 Å². The van der Waals surface area contributed by atoms with Crippen LogP contribution in [-0.4, -0.2) is 35.9 Å². The van der Waals surface area contributed by atoms with Crippen molar-refractivity contribution < 1.29 is 4.74 Å². The van der Waals surface area contributed by atoms with Gasteiger partial charge in [-0.25, -0.2) is 0 Å². The SMILES string of the molecule is CC(OC(C)(C)C)N1C[C@H]2CC([NH-])C[C@H]2C1. The highest BCUT2D eigenvalue weighted by atomic mass is 16.5.